The average Bonchev–Trinajstić information content (AvgIpc) is 2.41. The molecule has 0 bridgehead atoms. The molecule has 0 radical (unpaired) electrons. The summed E-state index contributed by atoms with van der Waals surface area (Å²) in [5, 5.41) is 3.32. The minimum absolute atomic E-state index is 0.164. The highest BCUT2D eigenvalue weighted by molar-refractivity contribution is 14.1. The number of nitrogens with one attached hydrogen (secondary N) is 1. The van der Waals surface area contributed by atoms with Crippen LogP contribution in [-0.4, -0.2) is 13.0 Å². The van der Waals surface area contributed by atoms with Crippen molar-refractivity contribution < 1.29 is 9.53 Å². The third-order valence-corrected chi connectivity index (χ3v) is 3.48. The smallest absolute Gasteiger partial charge is 0.255 e. The van der Waals surface area contributed by atoms with Crippen molar-refractivity contribution in [2.75, 3.05) is 12.4 Å². The van der Waals surface area contributed by atoms with Gasteiger partial charge in [0.25, 0.3) is 5.91 Å². The number of halogens is 2. The lowest BCUT2D eigenvalue weighted by atomic mass is 10.2. The Balaban J connectivity index is 2.19. The number of rotatable bonds is 3. The van der Waals surface area contributed by atoms with Gasteiger partial charge < -0.3 is 10.1 Å². The van der Waals surface area contributed by atoms with E-state index in [9.17, 15) is 4.79 Å². The topological polar surface area (TPSA) is 38.3 Å². The number of anilines is 1. The van der Waals surface area contributed by atoms with Crippen LogP contribution in [-0.2, 0) is 0 Å². The summed E-state index contributed by atoms with van der Waals surface area (Å²) >= 11 is 8.10. The van der Waals surface area contributed by atoms with E-state index >= 15 is 0 Å². The number of carbonyl (C=O) groups excluding carboxylic acids is 1. The molecule has 2 aromatic carbocycles. The molecule has 0 unspecified atom stereocenters. The molecule has 1 amide bonds. The van der Waals surface area contributed by atoms with Gasteiger partial charge in [-0.2, -0.15) is 0 Å². The summed E-state index contributed by atoms with van der Waals surface area (Å²) in [5.41, 5.74) is 1.26. The second kappa shape index (κ2) is 6.25. The van der Waals surface area contributed by atoms with Gasteiger partial charge in [0.1, 0.15) is 5.75 Å². The molecule has 1 N–H and O–H groups in total. The predicted octanol–water partition coefficient (Wildman–Crippen LogP) is 4.21. The van der Waals surface area contributed by atoms with Crippen LogP contribution in [0.15, 0.2) is 42.5 Å². The largest absolute Gasteiger partial charge is 0.495 e. The van der Waals surface area contributed by atoms with Crippen LogP contribution in [0.25, 0.3) is 0 Å². The number of benzene rings is 2. The normalized spacial score (nSPS) is 10.1. The Kier molecular flexibility index (Phi) is 4.66. The van der Waals surface area contributed by atoms with Crippen LogP contribution < -0.4 is 10.1 Å². The molecule has 0 aliphatic carbocycles. The zero-order valence-corrected chi connectivity index (χ0v) is 13.0. The number of methoxy groups -OCH3 is 1. The molecule has 5 heteroatoms. The lowest BCUT2D eigenvalue weighted by molar-refractivity contribution is 0.102. The lowest BCUT2D eigenvalue weighted by Gasteiger charge is -2.08. The van der Waals surface area contributed by atoms with E-state index in [1.807, 2.05) is 18.2 Å². The van der Waals surface area contributed by atoms with Gasteiger partial charge in [-0.25, -0.2) is 0 Å². The fourth-order valence-electron chi connectivity index (χ4n) is 1.57. The van der Waals surface area contributed by atoms with Gasteiger partial charge in [0.2, 0.25) is 0 Å². The van der Waals surface area contributed by atoms with Gasteiger partial charge in [0, 0.05) is 20.9 Å². The second-order valence-electron chi connectivity index (χ2n) is 3.81. The molecule has 0 heterocycles. The fourth-order valence-corrected chi connectivity index (χ4v) is 2.31. The molecule has 0 atom stereocenters. The molecule has 0 saturated heterocycles. The molecule has 0 aliphatic rings. The van der Waals surface area contributed by atoms with Crippen molar-refractivity contribution in [3.05, 3.63) is 56.6 Å². The Morgan fingerprint density at radius 2 is 2.05 bits per heavy atom. The van der Waals surface area contributed by atoms with E-state index in [1.54, 1.807) is 24.3 Å². The van der Waals surface area contributed by atoms with Crippen LogP contribution in [0.1, 0.15) is 10.4 Å². The van der Waals surface area contributed by atoms with E-state index in [-0.39, 0.29) is 5.91 Å². The minimum atomic E-state index is -0.164. The molecule has 3 nitrogen and oxygen atoms in total. The molecular formula is C14H11ClINO2. The van der Waals surface area contributed by atoms with Crippen LogP contribution in [0, 0.1) is 3.57 Å². The number of hydrogen-bond acceptors (Lipinski definition) is 2. The van der Waals surface area contributed by atoms with Crippen LogP contribution in [0.2, 0.25) is 5.02 Å². The highest BCUT2D eigenvalue weighted by Crippen LogP contribution is 2.27. The van der Waals surface area contributed by atoms with Crippen molar-refractivity contribution in [3.63, 3.8) is 0 Å². The summed E-state index contributed by atoms with van der Waals surface area (Å²) in [6.07, 6.45) is 0. The standard InChI is InChI=1S/C14H11ClINO2/c1-19-13-8-11(5-6-12(13)15)17-14(18)9-3-2-4-10(16)7-9/h2-8H,1H3,(H,17,18). The Morgan fingerprint density at radius 3 is 2.74 bits per heavy atom. The molecular weight excluding hydrogens is 377 g/mol. The van der Waals surface area contributed by atoms with Gasteiger partial charge in [0.15, 0.2) is 0 Å². The monoisotopic (exact) mass is 387 g/mol. The predicted molar refractivity (Wildman–Crippen MR) is 85.1 cm³/mol. The maximum atomic E-state index is 12.1. The van der Waals surface area contributed by atoms with Crippen LogP contribution in [0.4, 0.5) is 5.69 Å². The highest BCUT2D eigenvalue weighted by atomic mass is 127. The SMILES string of the molecule is COc1cc(NC(=O)c2cccc(I)c2)ccc1Cl. The number of amides is 1. The molecule has 0 fully saturated rings. The molecule has 2 rings (SSSR count). The molecule has 19 heavy (non-hydrogen) atoms. The number of hydrogen-bond donors (Lipinski definition) is 1. The van der Waals surface area contributed by atoms with Crippen molar-refractivity contribution in [3.8, 4) is 5.75 Å². The summed E-state index contributed by atoms with van der Waals surface area (Å²) in [5.74, 6) is 0.366. The van der Waals surface area contributed by atoms with Crippen molar-refractivity contribution in [2.45, 2.75) is 0 Å². The van der Waals surface area contributed by atoms with Gasteiger partial charge in [-0.1, -0.05) is 17.7 Å². The Hall–Kier alpha value is -1.27. The number of ether oxygens (including phenoxy) is 1. The Bertz CT molecular complexity index is 616. The molecule has 0 aromatic heterocycles. The summed E-state index contributed by atoms with van der Waals surface area (Å²) in [6, 6.07) is 12.5. The summed E-state index contributed by atoms with van der Waals surface area (Å²) < 4.78 is 6.12. The van der Waals surface area contributed by atoms with Crippen molar-refractivity contribution in [2.24, 2.45) is 0 Å². The van der Waals surface area contributed by atoms with E-state index in [0.29, 0.717) is 22.0 Å². The fraction of sp³-hybridized carbons (Fsp3) is 0.0714. The minimum Gasteiger partial charge on any atom is -0.495 e. The molecule has 0 aliphatic heterocycles. The van der Waals surface area contributed by atoms with Crippen molar-refractivity contribution in [1.82, 2.24) is 0 Å². The molecule has 0 spiro atoms. The summed E-state index contributed by atoms with van der Waals surface area (Å²) in [4.78, 5) is 12.1. The quantitative estimate of drug-likeness (QED) is 0.802. The first-order chi connectivity index (χ1) is 9.10. The zero-order valence-electron chi connectivity index (χ0n) is 10.1. The van der Waals surface area contributed by atoms with E-state index in [1.165, 1.54) is 7.11 Å². The Labute approximate surface area is 130 Å². The maximum absolute atomic E-state index is 12.1. The van der Waals surface area contributed by atoms with E-state index in [2.05, 4.69) is 27.9 Å². The summed E-state index contributed by atoms with van der Waals surface area (Å²) in [6.45, 7) is 0. The van der Waals surface area contributed by atoms with Crippen molar-refractivity contribution >= 4 is 45.8 Å². The first kappa shape index (κ1) is 14.1. The number of carbonyl (C=O) groups is 1. The first-order valence-electron chi connectivity index (χ1n) is 5.50. The lowest BCUT2D eigenvalue weighted by Crippen LogP contribution is -2.11. The van der Waals surface area contributed by atoms with E-state index in [0.717, 1.165) is 3.57 Å². The van der Waals surface area contributed by atoms with Gasteiger partial charge in [-0.05, 0) is 52.9 Å². The van der Waals surface area contributed by atoms with Crippen LogP contribution in [0.5, 0.6) is 5.75 Å². The third-order valence-electron chi connectivity index (χ3n) is 2.50. The summed E-state index contributed by atoms with van der Waals surface area (Å²) in [7, 11) is 1.53. The molecule has 98 valence electrons. The van der Waals surface area contributed by atoms with Crippen LogP contribution >= 0.6 is 34.2 Å². The maximum Gasteiger partial charge on any atom is 0.255 e. The zero-order chi connectivity index (χ0) is 13.8. The molecule has 0 saturated carbocycles. The third kappa shape index (κ3) is 3.61. The van der Waals surface area contributed by atoms with Gasteiger partial charge >= 0.3 is 0 Å². The Morgan fingerprint density at radius 1 is 1.26 bits per heavy atom. The van der Waals surface area contributed by atoms with Gasteiger partial charge in [-0.3, -0.25) is 4.79 Å². The van der Waals surface area contributed by atoms with Gasteiger partial charge in [-0.15, -0.1) is 0 Å². The second-order valence-corrected chi connectivity index (χ2v) is 5.47. The van der Waals surface area contributed by atoms with Crippen molar-refractivity contribution in [1.29, 1.82) is 0 Å². The first-order valence-corrected chi connectivity index (χ1v) is 6.96. The van der Waals surface area contributed by atoms with E-state index < -0.39 is 0 Å². The highest BCUT2D eigenvalue weighted by Gasteiger charge is 2.08. The van der Waals surface area contributed by atoms with Gasteiger partial charge in [0.05, 0.1) is 12.1 Å². The van der Waals surface area contributed by atoms with E-state index in [4.69, 9.17) is 16.3 Å². The van der Waals surface area contributed by atoms with Crippen LogP contribution in [0.3, 0.4) is 0 Å². The molecule has 2 aromatic rings. The average molecular weight is 388 g/mol.